The van der Waals surface area contributed by atoms with Crippen molar-refractivity contribution >= 4 is 0 Å². The van der Waals surface area contributed by atoms with E-state index in [0.29, 0.717) is 13.2 Å². The molecule has 21 heavy (non-hydrogen) atoms. The SMILES string of the molecule is CCN(CC)CCCNCC(O)COc1ccc(C)cc1. The van der Waals surface area contributed by atoms with Crippen molar-refractivity contribution in [1.82, 2.24) is 10.2 Å². The third-order valence-electron chi connectivity index (χ3n) is 3.57. The van der Waals surface area contributed by atoms with Crippen molar-refractivity contribution in [3.8, 4) is 5.75 Å². The maximum absolute atomic E-state index is 9.87. The Morgan fingerprint density at radius 1 is 1.19 bits per heavy atom. The maximum Gasteiger partial charge on any atom is 0.119 e. The first kappa shape index (κ1) is 18.0. The number of nitrogens with zero attached hydrogens (tertiary/aromatic N) is 1. The molecule has 1 unspecified atom stereocenters. The Labute approximate surface area is 129 Å². The minimum Gasteiger partial charge on any atom is -0.491 e. The van der Waals surface area contributed by atoms with E-state index in [1.54, 1.807) is 0 Å². The predicted molar refractivity (Wildman–Crippen MR) is 88.0 cm³/mol. The molecule has 1 atom stereocenters. The number of aryl methyl sites for hydroxylation is 1. The lowest BCUT2D eigenvalue weighted by molar-refractivity contribution is 0.106. The molecule has 1 aromatic carbocycles. The summed E-state index contributed by atoms with van der Waals surface area (Å²) < 4.78 is 5.55. The topological polar surface area (TPSA) is 44.7 Å². The maximum atomic E-state index is 9.87. The molecule has 0 aromatic heterocycles. The zero-order chi connectivity index (χ0) is 15.5. The number of benzene rings is 1. The lowest BCUT2D eigenvalue weighted by atomic mass is 10.2. The van der Waals surface area contributed by atoms with Crippen molar-refractivity contribution in [2.75, 3.05) is 39.3 Å². The number of ether oxygens (including phenoxy) is 1. The van der Waals surface area contributed by atoms with Crippen molar-refractivity contribution in [1.29, 1.82) is 0 Å². The molecule has 120 valence electrons. The van der Waals surface area contributed by atoms with E-state index in [1.165, 1.54) is 5.56 Å². The minimum absolute atomic E-state index is 0.326. The van der Waals surface area contributed by atoms with Crippen LogP contribution in [0.15, 0.2) is 24.3 Å². The van der Waals surface area contributed by atoms with Crippen LogP contribution in [-0.2, 0) is 0 Å². The van der Waals surface area contributed by atoms with Crippen LogP contribution in [0.1, 0.15) is 25.8 Å². The van der Waals surface area contributed by atoms with Crippen LogP contribution in [0.25, 0.3) is 0 Å². The van der Waals surface area contributed by atoms with Crippen LogP contribution >= 0.6 is 0 Å². The summed E-state index contributed by atoms with van der Waals surface area (Å²) >= 11 is 0. The molecule has 0 amide bonds. The van der Waals surface area contributed by atoms with Gasteiger partial charge in [0.1, 0.15) is 18.5 Å². The number of nitrogens with one attached hydrogen (secondary N) is 1. The standard InChI is InChI=1S/C17H30N2O2/c1-4-19(5-2)12-6-11-18-13-16(20)14-21-17-9-7-15(3)8-10-17/h7-10,16,18,20H,4-6,11-14H2,1-3H3. The highest BCUT2D eigenvalue weighted by Crippen LogP contribution is 2.11. The zero-order valence-electron chi connectivity index (χ0n) is 13.6. The minimum atomic E-state index is -0.472. The number of hydrogen-bond acceptors (Lipinski definition) is 4. The van der Waals surface area contributed by atoms with Crippen LogP contribution in [-0.4, -0.2) is 55.4 Å². The molecule has 0 aliphatic rings. The lowest BCUT2D eigenvalue weighted by Crippen LogP contribution is -2.33. The molecule has 0 heterocycles. The Morgan fingerprint density at radius 3 is 2.48 bits per heavy atom. The van der Waals surface area contributed by atoms with Crippen molar-refractivity contribution in [3.63, 3.8) is 0 Å². The van der Waals surface area contributed by atoms with E-state index in [2.05, 4.69) is 24.1 Å². The van der Waals surface area contributed by atoms with Gasteiger partial charge < -0.3 is 20.1 Å². The van der Waals surface area contributed by atoms with Gasteiger partial charge in [-0.25, -0.2) is 0 Å². The average Bonchev–Trinajstić information content (AvgIpc) is 2.50. The highest BCUT2D eigenvalue weighted by Gasteiger charge is 2.05. The summed E-state index contributed by atoms with van der Waals surface area (Å²) in [5.41, 5.74) is 1.21. The highest BCUT2D eigenvalue weighted by molar-refractivity contribution is 5.26. The van der Waals surface area contributed by atoms with Gasteiger partial charge in [-0.15, -0.1) is 0 Å². The lowest BCUT2D eigenvalue weighted by Gasteiger charge is -2.18. The molecule has 2 N–H and O–H groups in total. The smallest absolute Gasteiger partial charge is 0.119 e. The quantitative estimate of drug-likeness (QED) is 0.613. The normalized spacial score (nSPS) is 12.6. The first-order valence-electron chi connectivity index (χ1n) is 7.96. The Bertz CT molecular complexity index is 364. The molecule has 0 aliphatic heterocycles. The number of hydrogen-bond donors (Lipinski definition) is 2. The second-order valence-corrected chi connectivity index (χ2v) is 5.36. The molecule has 4 nitrogen and oxygen atoms in total. The van der Waals surface area contributed by atoms with Crippen LogP contribution in [0.5, 0.6) is 5.75 Å². The van der Waals surface area contributed by atoms with E-state index in [4.69, 9.17) is 4.74 Å². The summed E-state index contributed by atoms with van der Waals surface area (Å²) in [5, 5.41) is 13.1. The Balaban J connectivity index is 2.06. The van der Waals surface area contributed by atoms with Crippen LogP contribution in [0, 0.1) is 6.92 Å². The van der Waals surface area contributed by atoms with Crippen LogP contribution < -0.4 is 10.1 Å². The van der Waals surface area contributed by atoms with Crippen LogP contribution in [0.3, 0.4) is 0 Å². The van der Waals surface area contributed by atoms with Gasteiger partial charge in [0.25, 0.3) is 0 Å². The summed E-state index contributed by atoms with van der Waals surface area (Å²) in [6.07, 6.45) is 0.632. The van der Waals surface area contributed by atoms with E-state index in [-0.39, 0.29) is 0 Å². The second-order valence-electron chi connectivity index (χ2n) is 5.36. The van der Waals surface area contributed by atoms with E-state index in [9.17, 15) is 5.11 Å². The van der Waals surface area contributed by atoms with Gasteiger partial charge in [0, 0.05) is 6.54 Å². The summed E-state index contributed by atoms with van der Waals surface area (Å²) in [5.74, 6) is 0.807. The molecule has 0 bridgehead atoms. The number of aliphatic hydroxyl groups is 1. The number of aliphatic hydroxyl groups excluding tert-OH is 1. The van der Waals surface area contributed by atoms with E-state index >= 15 is 0 Å². The molecule has 1 rings (SSSR count). The van der Waals surface area contributed by atoms with Gasteiger partial charge in [0.2, 0.25) is 0 Å². The van der Waals surface area contributed by atoms with Crippen molar-refractivity contribution in [2.45, 2.75) is 33.3 Å². The first-order chi connectivity index (χ1) is 10.2. The van der Waals surface area contributed by atoms with E-state index < -0.39 is 6.10 Å². The van der Waals surface area contributed by atoms with Crippen molar-refractivity contribution < 1.29 is 9.84 Å². The number of rotatable bonds is 11. The third kappa shape index (κ3) is 8.05. The fraction of sp³-hybridized carbons (Fsp3) is 0.647. The Morgan fingerprint density at radius 2 is 1.86 bits per heavy atom. The van der Waals surface area contributed by atoms with Crippen LogP contribution in [0.2, 0.25) is 0 Å². The Kier molecular flexibility index (Phi) is 9.06. The molecule has 0 saturated heterocycles. The Hall–Kier alpha value is -1.10. The molecule has 0 radical (unpaired) electrons. The van der Waals surface area contributed by atoms with Crippen molar-refractivity contribution in [2.24, 2.45) is 0 Å². The first-order valence-corrected chi connectivity index (χ1v) is 7.96. The van der Waals surface area contributed by atoms with Gasteiger partial charge in [-0.05, 0) is 51.7 Å². The summed E-state index contributed by atoms with van der Waals surface area (Å²) in [6, 6.07) is 7.87. The van der Waals surface area contributed by atoms with Gasteiger partial charge in [-0.3, -0.25) is 0 Å². The molecule has 0 aliphatic carbocycles. The van der Waals surface area contributed by atoms with Gasteiger partial charge >= 0.3 is 0 Å². The zero-order valence-corrected chi connectivity index (χ0v) is 13.6. The van der Waals surface area contributed by atoms with Gasteiger partial charge in [-0.2, -0.15) is 0 Å². The van der Waals surface area contributed by atoms with Gasteiger partial charge in [-0.1, -0.05) is 31.5 Å². The monoisotopic (exact) mass is 294 g/mol. The van der Waals surface area contributed by atoms with E-state index in [0.717, 1.165) is 38.3 Å². The molecule has 0 fully saturated rings. The predicted octanol–water partition coefficient (Wildman–Crippen LogP) is 2.06. The van der Waals surface area contributed by atoms with Gasteiger partial charge in [0.15, 0.2) is 0 Å². The third-order valence-corrected chi connectivity index (χ3v) is 3.57. The molecular weight excluding hydrogens is 264 g/mol. The summed E-state index contributed by atoms with van der Waals surface area (Å²) in [7, 11) is 0. The van der Waals surface area contributed by atoms with E-state index in [1.807, 2.05) is 31.2 Å². The summed E-state index contributed by atoms with van der Waals surface area (Å²) in [6.45, 7) is 11.5. The fourth-order valence-corrected chi connectivity index (χ4v) is 2.12. The second kappa shape index (κ2) is 10.6. The highest BCUT2D eigenvalue weighted by atomic mass is 16.5. The van der Waals surface area contributed by atoms with Crippen LogP contribution in [0.4, 0.5) is 0 Å². The molecule has 0 saturated carbocycles. The molecule has 1 aromatic rings. The average molecular weight is 294 g/mol. The molecular formula is C17H30N2O2. The largest absolute Gasteiger partial charge is 0.491 e. The molecule has 4 heteroatoms. The van der Waals surface area contributed by atoms with Crippen molar-refractivity contribution in [3.05, 3.63) is 29.8 Å². The fourth-order valence-electron chi connectivity index (χ4n) is 2.12. The summed E-state index contributed by atoms with van der Waals surface area (Å²) in [4.78, 5) is 2.40. The molecule has 0 spiro atoms. The van der Waals surface area contributed by atoms with Gasteiger partial charge in [0.05, 0.1) is 0 Å².